The molecule has 1 N–H and O–H groups in total. The van der Waals surface area contributed by atoms with Gasteiger partial charge in [-0.25, -0.2) is 4.98 Å². The Morgan fingerprint density at radius 3 is 2.77 bits per heavy atom. The molecule has 22 heavy (non-hydrogen) atoms. The summed E-state index contributed by atoms with van der Waals surface area (Å²) in [6.45, 7) is 1.22. The number of amides is 1. The van der Waals surface area contributed by atoms with Gasteiger partial charge < -0.3 is 9.88 Å². The molecule has 0 radical (unpaired) electrons. The number of imidazole rings is 1. The number of benzene rings is 1. The van der Waals surface area contributed by atoms with E-state index in [-0.39, 0.29) is 5.91 Å². The molecule has 1 amide bonds. The van der Waals surface area contributed by atoms with Gasteiger partial charge in [-0.3, -0.25) is 9.48 Å². The van der Waals surface area contributed by atoms with Crippen molar-refractivity contribution in [3.8, 4) is 0 Å². The fraction of sp³-hybridized carbons (Fsp3) is 0.188. The first kappa shape index (κ1) is 14.1. The van der Waals surface area contributed by atoms with Crippen LogP contribution in [0.25, 0.3) is 0 Å². The molecule has 0 spiro atoms. The van der Waals surface area contributed by atoms with Crippen LogP contribution in [0, 0.1) is 0 Å². The number of nitrogens with one attached hydrogen (secondary N) is 1. The second-order valence-corrected chi connectivity index (χ2v) is 5.09. The van der Waals surface area contributed by atoms with Crippen LogP contribution in [0.4, 0.5) is 0 Å². The number of hydrogen-bond acceptors (Lipinski definition) is 3. The predicted octanol–water partition coefficient (Wildman–Crippen LogP) is 1.59. The smallest absolute Gasteiger partial charge is 0.254 e. The second-order valence-electron chi connectivity index (χ2n) is 5.09. The molecule has 3 aromatic rings. The molecule has 0 atom stereocenters. The number of nitrogens with zero attached hydrogens (tertiary/aromatic N) is 4. The minimum Gasteiger partial charge on any atom is -0.348 e. The maximum Gasteiger partial charge on any atom is 0.254 e. The van der Waals surface area contributed by atoms with E-state index < -0.39 is 0 Å². The molecule has 0 aliphatic rings. The van der Waals surface area contributed by atoms with Crippen molar-refractivity contribution in [3.63, 3.8) is 0 Å². The standard InChI is InChI=1S/C16H17N5O/c1-20-10-15(9-19-20)16(22)18-8-13-4-2-3-5-14(13)11-21-7-6-17-12-21/h2-7,9-10,12H,8,11H2,1H3,(H,18,22). The monoisotopic (exact) mass is 295 g/mol. The zero-order valence-electron chi connectivity index (χ0n) is 12.3. The summed E-state index contributed by atoms with van der Waals surface area (Å²) in [6, 6.07) is 8.06. The van der Waals surface area contributed by atoms with Gasteiger partial charge in [-0.1, -0.05) is 24.3 Å². The highest BCUT2D eigenvalue weighted by atomic mass is 16.1. The van der Waals surface area contributed by atoms with E-state index in [2.05, 4.69) is 21.5 Å². The van der Waals surface area contributed by atoms with Gasteiger partial charge in [0.05, 0.1) is 18.1 Å². The SMILES string of the molecule is Cn1cc(C(=O)NCc2ccccc2Cn2ccnc2)cn1. The van der Waals surface area contributed by atoms with Gasteiger partial charge >= 0.3 is 0 Å². The molecule has 0 bridgehead atoms. The van der Waals surface area contributed by atoms with Gasteiger partial charge in [-0.2, -0.15) is 5.10 Å². The Morgan fingerprint density at radius 2 is 2.09 bits per heavy atom. The van der Waals surface area contributed by atoms with Crippen molar-refractivity contribution in [3.05, 3.63) is 72.1 Å². The first-order valence-corrected chi connectivity index (χ1v) is 7.02. The van der Waals surface area contributed by atoms with Crippen LogP contribution in [-0.4, -0.2) is 25.2 Å². The molecule has 2 heterocycles. The molecular formula is C16H17N5O. The van der Waals surface area contributed by atoms with Crippen LogP contribution in [0.1, 0.15) is 21.5 Å². The van der Waals surface area contributed by atoms with Gasteiger partial charge in [0, 0.05) is 38.7 Å². The van der Waals surface area contributed by atoms with Crippen molar-refractivity contribution >= 4 is 5.91 Å². The number of aromatic nitrogens is 4. The van der Waals surface area contributed by atoms with E-state index >= 15 is 0 Å². The zero-order chi connectivity index (χ0) is 15.4. The molecular weight excluding hydrogens is 278 g/mol. The lowest BCUT2D eigenvalue weighted by molar-refractivity contribution is 0.0950. The van der Waals surface area contributed by atoms with Crippen LogP contribution in [0.5, 0.6) is 0 Å². The molecule has 0 fully saturated rings. The summed E-state index contributed by atoms with van der Waals surface area (Å²) in [5, 5.41) is 6.94. The number of carbonyl (C=O) groups excluding carboxylic acids is 1. The van der Waals surface area contributed by atoms with Crippen LogP contribution in [0.3, 0.4) is 0 Å². The molecule has 6 heteroatoms. The van der Waals surface area contributed by atoms with E-state index in [1.54, 1.807) is 36.6 Å². The Kier molecular flexibility index (Phi) is 4.00. The van der Waals surface area contributed by atoms with Gasteiger partial charge in [0.2, 0.25) is 0 Å². The maximum atomic E-state index is 12.1. The lowest BCUT2D eigenvalue weighted by Gasteiger charge is -2.11. The molecule has 6 nitrogen and oxygen atoms in total. The summed E-state index contributed by atoms with van der Waals surface area (Å²) in [4.78, 5) is 16.1. The normalized spacial score (nSPS) is 10.6. The minimum absolute atomic E-state index is 0.120. The molecule has 112 valence electrons. The van der Waals surface area contributed by atoms with E-state index in [1.165, 1.54) is 0 Å². The van der Waals surface area contributed by atoms with Crippen molar-refractivity contribution in [2.45, 2.75) is 13.1 Å². The molecule has 0 aliphatic carbocycles. The topological polar surface area (TPSA) is 64.7 Å². The predicted molar refractivity (Wildman–Crippen MR) is 82.1 cm³/mol. The van der Waals surface area contributed by atoms with Gasteiger partial charge in [0.25, 0.3) is 5.91 Å². The molecule has 0 saturated heterocycles. The quantitative estimate of drug-likeness (QED) is 0.777. The van der Waals surface area contributed by atoms with E-state index in [4.69, 9.17) is 0 Å². The lowest BCUT2D eigenvalue weighted by atomic mass is 10.1. The Labute approximate surface area is 128 Å². The highest BCUT2D eigenvalue weighted by molar-refractivity contribution is 5.93. The lowest BCUT2D eigenvalue weighted by Crippen LogP contribution is -2.23. The summed E-state index contributed by atoms with van der Waals surface area (Å²) >= 11 is 0. The van der Waals surface area contributed by atoms with Crippen molar-refractivity contribution in [1.29, 1.82) is 0 Å². The van der Waals surface area contributed by atoms with Crippen molar-refractivity contribution in [2.75, 3.05) is 0 Å². The van der Waals surface area contributed by atoms with Crippen LogP contribution in [0.2, 0.25) is 0 Å². The second kappa shape index (κ2) is 6.26. The zero-order valence-corrected chi connectivity index (χ0v) is 12.3. The first-order chi connectivity index (χ1) is 10.7. The summed E-state index contributed by atoms with van der Waals surface area (Å²) < 4.78 is 3.61. The minimum atomic E-state index is -0.120. The molecule has 0 aliphatic heterocycles. The highest BCUT2D eigenvalue weighted by Crippen LogP contribution is 2.11. The van der Waals surface area contributed by atoms with Gasteiger partial charge in [0.1, 0.15) is 0 Å². The van der Waals surface area contributed by atoms with Crippen LogP contribution in [0.15, 0.2) is 55.4 Å². The number of carbonyl (C=O) groups is 1. The Bertz CT molecular complexity index is 760. The molecule has 3 rings (SSSR count). The Hall–Kier alpha value is -2.89. The van der Waals surface area contributed by atoms with Crippen LogP contribution < -0.4 is 5.32 Å². The van der Waals surface area contributed by atoms with E-state index in [9.17, 15) is 4.79 Å². The number of hydrogen-bond donors (Lipinski definition) is 1. The van der Waals surface area contributed by atoms with Gasteiger partial charge in [-0.05, 0) is 11.1 Å². The van der Waals surface area contributed by atoms with E-state index in [1.807, 2.05) is 29.0 Å². The largest absolute Gasteiger partial charge is 0.348 e. The average Bonchev–Trinajstić information content (AvgIpc) is 3.18. The third kappa shape index (κ3) is 3.22. The third-order valence-electron chi connectivity index (χ3n) is 3.44. The third-order valence-corrected chi connectivity index (χ3v) is 3.44. The fourth-order valence-electron chi connectivity index (χ4n) is 2.28. The fourth-order valence-corrected chi connectivity index (χ4v) is 2.28. The summed E-state index contributed by atoms with van der Waals surface area (Å²) in [6.07, 6.45) is 8.72. The number of rotatable bonds is 5. The average molecular weight is 295 g/mol. The molecule has 2 aromatic heterocycles. The van der Waals surface area contributed by atoms with Gasteiger partial charge in [0.15, 0.2) is 0 Å². The first-order valence-electron chi connectivity index (χ1n) is 7.02. The van der Waals surface area contributed by atoms with Gasteiger partial charge in [-0.15, -0.1) is 0 Å². The molecule has 0 unspecified atom stereocenters. The highest BCUT2D eigenvalue weighted by Gasteiger charge is 2.09. The summed E-state index contributed by atoms with van der Waals surface area (Å²) in [5.41, 5.74) is 2.81. The Balaban J connectivity index is 1.68. The Morgan fingerprint density at radius 1 is 1.27 bits per heavy atom. The van der Waals surface area contributed by atoms with Crippen LogP contribution in [-0.2, 0) is 20.1 Å². The van der Waals surface area contributed by atoms with E-state index in [0.29, 0.717) is 12.1 Å². The van der Waals surface area contributed by atoms with Crippen molar-refractivity contribution in [2.24, 2.45) is 7.05 Å². The summed E-state index contributed by atoms with van der Waals surface area (Å²) in [7, 11) is 1.79. The van der Waals surface area contributed by atoms with Crippen molar-refractivity contribution in [1.82, 2.24) is 24.6 Å². The maximum absolute atomic E-state index is 12.1. The summed E-state index contributed by atoms with van der Waals surface area (Å²) in [5.74, 6) is -0.120. The number of aryl methyl sites for hydroxylation is 1. The van der Waals surface area contributed by atoms with E-state index in [0.717, 1.165) is 17.7 Å². The molecule has 0 saturated carbocycles. The molecule has 1 aromatic carbocycles. The van der Waals surface area contributed by atoms with Crippen molar-refractivity contribution < 1.29 is 4.79 Å². The van der Waals surface area contributed by atoms with Crippen LogP contribution >= 0.6 is 0 Å².